The molecule has 2 aliphatic rings. The van der Waals surface area contributed by atoms with Crippen molar-refractivity contribution in [2.75, 3.05) is 13.2 Å². The third kappa shape index (κ3) is 1.73. The molecule has 76 valence electrons. The van der Waals surface area contributed by atoms with E-state index in [4.69, 9.17) is 9.11 Å². The van der Waals surface area contributed by atoms with Gasteiger partial charge in [0.15, 0.2) is 20.2 Å². The number of rotatable bonds is 0. The third-order valence-electron chi connectivity index (χ3n) is 1.76. The van der Waals surface area contributed by atoms with E-state index in [0.29, 0.717) is 0 Å². The van der Waals surface area contributed by atoms with E-state index in [1.54, 1.807) is 0 Å². The summed E-state index contributed by atoms with van der Waals surface area (Å²) in [7, 11) is -6.82. The minimum Gasteiger partial charge on any atom is -0.294 e. The molecule has 0 saturated heterocycles. The van der Waals surface area contributed by atoms with Crippen molar-refractivity contribution in [1.29, 1.82) is 0 Å². The van der Waals surface area contributed by atoms with Crippen LogP contribution in [0.5, 0.6) is 0 Å². The summed E-state index contributed by atoms with van der Waals surface area (Å²) in [6.45, 7) is -0.195. The van der Waals surface area contributed by atoms with Gasteiger partial charge < -0.3 is 0 Å². The van der Waals surface area contributed by atoms with Crippen molar-refractivity contribution in [3.63, 3.8) is 0 Å². The molecule has 2 aliphatic heterocycles. The smallest absolute Gasteiger partial charge is 0.199 e. The average molecular weight is 228 g/mol. The normalized spacial score (nSPS) is 54.9. The summed E-state index contributed by atoms with van der Waals surface area (Å²) < 4.78 is 49.1. The Kier molecular flexibility index (Phi) is 1.79. The van der Waals surface area contributed by atoms with E-state index < -0.39 is 25.6 Å². The van der Waals surface area contributed by atoms with E-state index in [1.165, 1.54) is 0 Å². The molecule has 0 aliphatic carbocycles. The zero-order valence-electron chi connectivity index (χ0n) is 6.41. The van der Waals surface area contributed by atoms with Crippen LogP contribution in [0.1, 0.15) is 0 Å². The van der Waals surface area contributed by atoms with Gasteiger partial charge in [0.2, 0.25) is 0 Å². The highest BCUT2D eigenvalue weighted by molar-refractivity contribution is 7.93. The molecule has 0 amide bonds. The molecule has 13 heavy (non-hydrogen) atoms. The fourth-order valence-electron chi connectivity index (χ4n) is 1.26. The quantitative estimate of drug-likeness (QED) is 0.516. The van der Waals surface area contributed by atoms with Crippen LogP contribution in [0.15, 0.2) is 0 Å². The lowest BCUT2D eigenvalue weighted by atomic mass is 9.97. The standard InChI is InChI=1S/C5H8O6S2/c6-12(7)3-5(1-10-12)2-11-13(8,9)4-5/h3-4H,1-2H2,(H,6,7)(H,8,9). The predicted molar refractivity (Wildman–Crippen MR) is 48.0 cm³/mol. The maximum atomic E-state index is 11.0. The van der Waals surface area contributed by atoms with Crippen LogP contribution in [0.25, 0.3) is 0 Å². The molecule has 0 saturated carbocycles. The zero-order valence-corrected chi connectivity index (χ0v) is 8.05. The van der Waals surface area contributed by atoms with E-state index in [-0.39, 0.29) is 13.2 Å². The van der Waals surface area contributed by atoms with Crippen molar-refractivity contribution in [2.24, 2.45) is 5.41 Å². The Morgan fingerprint density at radius 3 is 1.69 bits per heavy atom. The Morgan fingerprint density at radius 2 is 1.46 bits per heavy atom. The molecule has 0 aromatic rings. The largest absolute Gasteiger partial charge is 0.294 e. The van der Waals surface area contributed by atoms with Crippen molar-refractivity contribution in [3.8, 4) is 0 Å². The summed E-state index contributed by atoms with van der Waals surface area (Å²) in [5.74, 6) is 0. The van der Waals surface area contributed by atoms with E-state index in [2.05, 4.69) is 8.37 Å². The lowest BCUT2D eigenvalue weighted by molar-refractivity contribution is 0.213. The van der Waals surface area contributed by atoms with E-state index in [0.717, 1.165) is 10.7 Å². The molecule has 2 N–H and O–H groups in total. The first-order valence-corrected chi connectivity index (χ1v) is 6.37. The third-order valence-corrected chi connectivity index (χ3v) is 4.21. The fourth-order valence-corrected chi connectivity index (χ4v) is 3.85. The molecular weight excluding hydrogens is 220 g/mol. The van der Waals surface area contributed by atoms with Crippen LogP contribution < -0.4 is 0 Å². The zero-order chi connectivity index (χ0) is 9.74. The van der Waals surface area contributed by atoms with Crippen molar-refractivity contribution >= 4 is 30.9 Å². The first-order chi connectivity index (χ1) is 5.83. The monoisotopic (exact) mass is 228 g/mol. The van der Waals surface area contributed by atoms with Gasteiger partial charge in [0, 0.05) is 10.7 Å². The maximum absolute atomic E-state index is 11.0. The first-order valence-electron chi connectivity index (χ1n) is 3.37. The number of hydrogen-bond acceptors (Lipinski definition) is 4. The van der Waals surface area contributed by atoms with Crippen LogP contribution in [0.2, 0.25) is 0 Å². The molecule has 2 atom stereocenters. The van der Waals surface area contributed by atoms with Gasteiger partial charge in [-0.3, -0.25) is 17.5 Å². The first kappa shape index (κ1) is 9.44. The minimum absolute atomic E-state index is 0.0973. The molecule has 2 rings (SSSR count). The Labute approximate surface area is 75.9 Å². The van der Waals surface area contributed by atoms with Gasteiger partial charge in [0.1, 0.15) is 0 Å². The highest BCUT2D eigenvalue weighted by Crippen LogP contribution is 2.27. The van der Waals surface area contributed by atoms with Gasteiger partial charge in [-0.25, -0.2) is 8.42 Å². The summed E-state index contributed by atoms with van der Waals surface area (Å²) >= 11 is 0. The molecule has 8 heteroatoms. The summed E-state index contributed by atoms with van der Waals surface area (Å²) in [6.07, 6.45) is 0. The topological polar surface area (TPSA) is 93.1 Å². The van der Waals surface area contributed by atoms with Gasteiger partial charge >= 0.3 is 0 Å². The molecule has 0 bridgehead atoms. The fraction of sp³-hybridized carbons (Fsp3) is 0.600. The Bertz CT molecular complexity index is 417. The van der Waals surface area contributed by atoms with E-state index in [9.17, 15) is 8.42 Å². The van der Waals surface area contributed by atoms with Crippen molar-refractivity contribution in [2.45, 2.75) is 0 Å². The van der Waals surface area contributed by atoms with Gasteiger partial charge in [-0.2, -0.15) is 0 Å². The molecule has 0 aromatic carbocycles. The van der Waals surface area contributed by atoms with Crippen LogP contribution in [0.3, 0.4) is 0 Å². The molecule has 2 unspecified atom stereocenters. The molecule has 1 spiro atoms. The van der Waals surface area contributed by atoms with Gasteiger partial charge in [-0.1, -0.05) is 0 Å². The summed E-state index contributed by atoms with van der Waals surface area (Å²) in [4.78, 5) is 0. The second kappa shape index (κ2) is 2.47. The number of hydrogen-bond donors (Lipinski definition) is 2. The van der Waals surface area contributed by atoms with Gasteiger partial charge in [-0.05, 0) is 0 Å². The Morgan fingerprint density at radius 1 is 1.08 bits per heavy atom. The summed E-state index contributed by atoms with van der Waals surface area (Å²) in [5.41, 5.74) is -0.988. The second-order valence-corrected chi connectivity index (χ2v) is 6.03. The molecule has 0 aromatic heterocycles. The van der Waals surface area contributed by atoms with Crippen molar-refractivity contribution in [3.05, 3.63) is 0 Å². The second-order valence-electron chi connectivity index (χ2n) is 3.02. The van der Waals surface area contributed by atoms with Crippen LogP contribution in [-0.2, 0) is 28.5 Å². The van der Waals surface area contributed by atoms with Crippen molar-refractivity contribution < 1.29 is 25.9 Å². The Balaban J connectivity index is 2.50. The highest BCUT2D eigenvalue weighted by atomic mass is 32.2. The minimum atomic E-state index is -3.41. The average Bonchev–Trinajstić information content (AvgIpc) is 2.37. The van der Waals surface area contributed by atoms with E-state index in [1.807, 2.05) is 0 Å². The van der Waals surface area contributed by atoms with Gasteiger partial charge in [0.05, 0.1) is 18.6 Å². The van der Waals surface area contributed by atoms with Crippen LogP contribution >= 0.6 is 0 Å². The Hall–Kier alpha value is -0.120. The lowest BCUT2D eigenvalue weighted by Crippen LogP contribution is -2.26. The van der Waals surface area contributed by atoms with Gasteiger partial charge in [0.25, 0.3) is 0 Å². The molecule has 0 radical (unpaired) electrons. The molecule has 0 fully saturated rings. The highest BCUT2D eigenvalue weighted by Gasteiger charge is 2.42. The van der Waals surface area contributed by atoms with Crippen LogP contribution in [0.4, 0.5) is 0 Å². The molecule has 6 nitrogen and oxygen atoms in total. The lowest BCUT2D eigenvalue weighted by Gasteiger charge is -2.09. The summed E-state index contributed by atoms with van der Waals surface area (Å²) in [5, 5.41) is 2.03. The van der Waals surface area contributed by atoms with Crippen LogP contribution in [0, 0.1) is 5.41 Å². The molecular formula is C5H8O6S2. The van der Waals surface area contributed by atoms with Gasteiger partial charge in [-0.15, -0.1) is 0 Å². The predicted octanol–water partition coefficient (Wildman–Crippen LogP) is -1.02. The van der Waals surface area contributed by atoms with Crippen LogP contribution in [-0.4, -0.2) is 41.5 Å². The van der Waals surface area contributed by atoms with E-state index >= 15 is 0 Å². The summed E-state index contributed by atoms with van der Waals surface area (Å²) in [6, 6.07) is 0. The van der Waals surface area contributed by atoms with Crippen molar-refractivity contribution in [1.82, 2.24) is 0 Å². The molecule has 2 heterocycles. The maximum Gasteiger partial charge on any atom is 0.199 e. The SMILES string of the molecule is O=S1(O)=CC2(C=S(=O)(O)OC2)CO1.